The van der Waals surface area contributed by atoms with E-state index in [1.54, 1.807) is 0 Å². The van der Waals surface area contributed by atoms with Crippen LogP contribution in [0.15, 0.2) is 30.1 Å². The molecule has 0 radical (unpaired) electrons. The molecule has 152 valence electrons. The summed E-state index contributed by atoms with van der Waals surface area (Å²) in [5, 5.41) is 0. The molecule has 0 saturated heterocycles. The molecule has 1 unspecified atom stereocenters. The molecule has 0 fully saturated rings. The van der Waals surface area contributed by atoms with E-state index in [1.807, 2.05) is 0 Å². The van der Waals surface area contributed by atoms with Crippen LogP contribution in [0, 0.1) is 29.1 Å². The summed E-state index contributed by atoms with van der Waals surface area (Å²) in [7, 11) is 0. The number of hydrogen-bond donors (Lipinski definition) is 0. The van der Waals surface area contributed by atoms with Crippen molar-refractivity contribution in [2.24, 2.45) is 0 Å². The third-order valence-electron chi connectivity index (χ3n) is 3.62. The summed E-state index contributed by atoms with van der Waals surface area (Å²) in [5.41, 5.74) is -3.39. The predicted molar refractivity (Wildman–Crippen MR) is 81.5 cm³/mol. The number of allylic oxidation sites excluding steroid dienone is 2. The Bertz CT molecular complexity index is 885. The van der Waals surface area contributed by atoms with Crippen LogP contribution in [0.3, 0.4) is 0 Å². The minimum Gasteiger partial charge on any atom is -0.429 e. The first kappa shape index (κ1) is 21.6. The summed E-state index contributed by atoms with van der Waals surface area (Å²) in [6.07, 6.45) is -6.80. The molecule has 2 aromatic carbocycles. The van der Waals surface area contributed by atoms with Gasteiger partial charge in [0.1, 0.15) is 34.9 Å². The summed E-state index contributed by atoms with van der Waals surface area (Å²) >= 11 is 0. The number of halogens is 9. The standard InChI is InChI=1S/C18H11F9O/c1-7(19)15(8(2)20)9-3-11(21)16(12(22)4-9)18(26,27)28-10-5-13(23)17(25)14(24)6-10/h3-7H,1-2H3. The third-order valence-corrected chi connectivity index (χ3v) is 3.62. The normalized spacial score (nSPS) is 14.0. The van der Waals surface area contributed by atoms with Crippen LogP contribution >= 0.6 is 0 Å². The van der Waals surface area contributed by atoms with Crippen molar-refractivity contribution >= 4 is 5.57 Å². The highest BCUT2D eigenvalue weighted by Gasteiger charge is 2.42. The van der Waals surface area contributed by atoms with Crippen molar-refractivity contribution in [2.45, 2.75) is 26.1 Å². The number of rotatable bonds is 5. The SMILES string of the molecule is CC(F)=C(c1cc(F)c(C(F)(F)Oc2cc(F)c(F)c(F)c2)c(F)c1)C(C)F. The first-order chi connectivity index (χ1) is 12.8. The van der Waals surface area contributed by atoms with Crippen molar-refractivity contribution in [1.29, 1.82) is 0 Å². The van der Waals surface area contributed by atoms with Gasteiger partial charge in [0, 0.05) is 17.7 Å². The molecule has 1 nitrogen and oxygen atoms in total. The van der Waals surface area contributed by atoms with Crippen LogP contribution in [0.25, 0.3) is 5.57 Å². The Morgan fingerprint density at radius 2 is 1.36 bits per heavy atom. The third kappa shape index (κ3) is 4.26. The maximum atomic E-state index is 14.2. The Morgan fingerprint density at radius 3 is 1.75 bits per heavy atom. The Hall–Kier alpha value is -2.65. The number of ether oxygens (including phenoxy) is 1. The molecule has 28 heavy (non-hydrogen) atoms. The molecule has 2 aromatic rings. The fourth-order valence-electron chi connectivity index (χ4n) is 2.50. The van der Waals surface area contributed by atoms with Crippen LogP contribution in [-0.2, 0) is 6.11 Å². The number of alkyl halides is 3. The lowest BCUT2D eigenvalue weighted by atomic mass is 9.99. The van der Waals surface area contributed by atoms with Crippen molar-refractivity contribution in [3.8, 4) is 5.75 Å². The Balaban J connectivity index is 2.51. The van der Waals surface area contributed by atoms with E-state index in [2.05, 4.69) is 4.74 Å². The Morgan fingerprint density at radius 1 is 0.893 bits per heavy atom. The summed E-state index contributed by atoms with van der Waals surface area (Å²) in [4.78, 5) is 0. The van der Waals surface area contributed by atoms with Gasteiger partial charge in [-0.1, -0.05) is 0 Å². The van der Waals surface area contributed by atoms with Crippen LogP contribution in [0.5, 0.6) is 5.75 Å². The molecule has 0 aliphatic heterocycles. The molecule has 0 N–H and O–H groups in total. The van der Waals surface area contributed by atoms with E-state index in [1.165, 1.54) is 0 Å². The van der Waals surface area contributed by atoms with Gasteiger partial charge in [-0.25, -0.2) is 30.7 Å². The zero-order valence-electron chi connectivity index (χ0n) is 14.2. The largest absolute Gasteiger partial charge is 0.432 e. The lowest BCUT2D eigenvalue weighted by molar-refractivity contribution is -0.189. The van der Waals surface area contributed by atoms with E-state index in [0.29, 0.717) is 0 Å². The van der Waals surface area contributed by atoms with Crippen LogP contribution < -0.4 is 4.74 Å². The van der Waals surface area contributed by atoms with Crippen LogP contribution in [0.4, 0.5) is 39.5 Å². The second-order valence-electron chi connectivity index (χ2n) is 5.70. The molecule has 10 heteroatoms. The van der Waals surface area contributed by atoms with Gasteiger partial charge in [-0.15, -0.1) is 0 Å². The molecule has 0 spiro atoms. The molecule has 0 heterocycles. The predicted octanol–water partition coefficient (Wildman–Crippen LogP) is 6.57. The van der Waals surface area contributed by atoms with E-state index in [9.17, 15) is 39.5 Å². The van der Waals surface area contributed by atoms with Gasteiger partial charge < -0.3 is 4.74 Å². The van der Waals surface area contributed by atoms with Crippen LogP contribution in [-0.4, -0.2) is 6.17 Å². The topological polar surface area (TPSA) is 9.23 Å². The molecule has 0 bridgehead atoms. The van der Waals surface area contributed by atoms with Gasteiger partial charge in [0.2, 0.25) is 0 Å². The highest BCUT2D eigenvalue weighted by Crippen LogP contribution is 2.38. The summed E-state index contributed by atoms with van der Waals surface area (Å²) < 4.78 is 127. The average Bonchev–Trinajstić information content (AvgIpc) is 2.50. The van der Waals surface area contributed by atoms with Gasteiger partial charge in [-0.3, -0.25) is 0 Å². The number of benzene rings is 2. The molecule has 2 rings (SSSR count). The zero-order valence-corrected chi connectivity index (χ0v) is 14.2. The van der Waals surface area contributed by atoms with Crippen LogP contribution in [0.2, 0.25) is 0 Å². The maximum absolute atomic E-state index is 14.2. The molecule has 0 aliphatic rings. The fourth-order valence-corrected chi connectivity index (χ4v) is 2.50. The Kier molecular flexibility index (Phi) is 6.00. The Labute approximate surface area is 153 Å². The van der Waals surface area contributed by atoms with Gasteiger partial charge in [0.15, 0.2) is 17.5 Å². The smallest absolute Gasteiger partial charge is 0.429 e. The van der Waals surface area contributed by atoms with Crippen molar-refractivity contribution in [1.82, 2.24) is 0 Å². The average molecular weight is 414 g/mol. The minimum atomic E-state index is -4.79. The molecule has 0 saturated carbocycles. The van der Waals surface area contributed by atoms with E-state index >= 15 is 0 Å². The van der Waals surface area contributed by atoms with Crippen LogP contribution in [0.1, 0.15) is 25.0 Å². The summed E-state index contributed by atoms with van der Waals surface area (Å²) in [5.74, 6) is -11.9. The highest BCUT2D eigenvalue weighted by molar-refractivity contribution is 5.70. The van der Waals surface area contributed by atoms with E-state index in [4.69, 9.17) is 0 Å². The van der Waals surface area contributed by atoms with Crippen molar-refractivity contribution < 1.29 is 44.3 Å². The monoisotopic (exact) mass is 414 g/mol. The van der Waals surface area contributed by atoms with Gasteiger partial charge in [-0.2, -0.15) is 8.78 Å². The molecular formula is C18H11F9O. The molecule has 0 amide bonds. The fraction of sp³-hybridized carbons (Fsp3) is 0.222. The molecule has 0 aromatic heterocycles. The zero-order chi connectivity index (χ0) is 21.4. The summed E-state index contributed by atoms with van der Waals surface area (Å²) in [6.45, 7) is 1.68. The van der Waals surface area contributed by atoms with Gasteiger partial charge in [0.25, 0.3) is 0 Å². The summed E-state index contributed by atoms with van der Waals surface area (Å²) in [6, 6.07) is 0.620. The minimum absolute atomic E-state index is 0.0502. The highest BCUT2D eigenvalue weighted by atomic mass is 19.3. The quantitative estimate of drug-likeness (QED) is 0.397. The second-order valence-corrected chi connectivity index (χ2v) is 5.70. The first-order valence-corrected chi connectivity index (χ1v) is 7.56. The van der Waals surface area contributed by atoms with Gasteiger partial charge in [-0.05, 0) is 31.5 Å². The van der Waals surface area contributed by atoms with Crippen molar-refractivity contribution in [3.63, 3.8) is 0 Å². The van der Waals surface area contributed by atoms with Crippen molar-refractivity contribution in [2.75, 3.05) is 0 Å². The lowest BCUT2D eigenvalue weighted by Gasteiger charge is -2.20. The van der Waals surface area contributed by atoms with Gasteiger partial charge in [0.05, 0.1) is 0 Å². The van der Waals surface area contributed by atoms with E-state index in [-0.39, 0.29) is 24.3 Å². The molecular weight excluding hydrogens is 403 g/mol. The number of hydrogen-bond acceptors (Lipinski definition) is 1. The molecule has 0 aliphatic carbocycles. The first-order valence-electron chi connectivity index (χ1n) is 7.56. The second kappa shape index (κ2) is 7.76. The van der Waals surface area contributed by atoms with E-state index in [0.717, 1.165) is 13.8 Å². The van der Waals surface area contributed by atoms with E-state index < -0.39 is 69.6 Å². The maximum Gasteiger partial charge on any atom is 0.432 e. The lowest BCUT2D eigenvalue weighted by Crippen LogP contribution is -2.25. The van der Waals surface area contributed by atoms with Crippen molar-refractivity contribution in [3.05, 3.63) is 70.3 Å². The molecule has 1 atom stereocenters. The van der Waals surface area contributed by atoms with Gasteiger partial charge >= 0.3 is 6.11 Å².